The van der Waals surface area contributed by atoms with Crippen LogP contribution >= 0.6 is 0 Å². The van der Waals surface area contributed by atoms with Crippen molar-refractivity contribution >= 4 is 10.0 Å². The van der Waals surface area contributed by atoms with E-state index in [1.807, 2.05) is 49.6 Å². The predicted molar refractivity (Wildman–Crippen MR) is 96.0 cm³/mol. The molecule has 0 bridgehead atoms. The molecule has 0 spiro atoms. The van der Waals surface area contributed by atoms with Crippen LogP contribution in [-0.2, 0) is 22.8 Å². The average molecular weight is 347 g/mol. The summed E-state index contributed by atoms with van der Waals surface area (Å²) in [4.78, 5) is 2.38. The van der Waals surface area contributed by atoms with E-state index in [-0.39, 0.29) is 11.8 Å². The minimum Gasteiger partial charge on any atom is -0.353 e. The fourth-order valence-electron chi connectivity index (χ4n) is 3.35. The zero-order chi connectivity index (χ0) is 17.0. The van der Waals surface area contributed by atoms with Crippen LogP contribution in [0.25, 0.3) is 0 Å². The molecular weight excluding hydrogens is 322 g/mol. The van der Waals surface area contributed by atoms with Crippen LogP contribution in [0.2, 0.25) is 0 Å². The Morgan fingerprint density at radius 3 is 2.42 bits per heavy atom. The number of nitrogens with one attached hydrogen (secondary N) is 1. The number of hydrogen-bond donors (Lipinski definition) is 1. The van der Waals surface area contributed by atoms with E-state index < -0.39 is 10.0 Å². The lowest BCUT2D eigenvalue weighted by Crippen LogP contribution is -2.38. The number of rotatable bonds is 7. The van der Waals surface area contributed by atoms with Crippen molar-refractivity contribution in [3.63, 3.8) is 0 Å². The van der Waals surface area contributed by atoms with Crippen molar-refractivity contribution in [2.45, 2.75) is 24.6 Å². The molecule has 0 amide bonds. The van der Waals surface area contributed by atoms with Gasteiger partial charge in [0.05, 0.1) is 11.8 Å². The third-order valence-electron chi connectivity index (χ3n) is 4.60. The summed E-state index contributed by atoms with van der Waals surface area (Å²) in [6.07, 6.45) is 4.37. The molecule has 1 aromatic carbocycles. The van der Waals surface area contributed by atoms with Gasteiger partial charge in [-0.15, -0.1) is 0 Å². The van der Waals surface area contributed by atoms with E-state index in [0.717, 1.165) is 24.3 Å². The van der Waals surface area contributed by atoms with E-state index in [1.165, 1.54) is 12.8 Å². The quantitative estimate of drug-likeness (QED) is 0.836. The minimum atomic E-state index is -3.35. The van der Waals surface area contributed by atoms with Gasteiger partial charge in [-0.2, -0.15) is 0 Å². The Balaban J connectivity index is 1.70. The fraction of sp³-hybridized carbons (Fsp3) is 0.444. The first-order valence-electron chi connectivity index (χ1n) is 8.42. The summed E-state index contributed by atoms with van der Waals surface area (Å²) in [6, 6.07) is 13.5. The second-order valence-electron chi connectivity index (χ2n) is 6.40. The number of aromatic nitrogens is 1. The SMILES string of the molecule is Cn1cccc1[C@H](CNS(=O)(=O)Cc1ccccc1)N1CCCC1. The standard InChI is InChI=1S/C18H25N3O2S/c1-20-11-7-10-17(20)18(21-12-5-6-13-21)14-19-24(22,23)15-16-8-3-2-4-9-16/h2-4,7-11,18-19H,5-6,12-15H2,1H3/t18-/m0/s1. The molecule has 1 aromatic heterocycles. The predicted octanol–water partition coefficient (Wildman–Crippen LogP) is 2.28. The molecule has 3 rings (SSSR count). The van der Waals surface area contributed by atoms with Gasteiger partial charge < -0.3 is 4.57 Å². The number of nitrogens with zero attached hydrogens (tertiary/aromatic N) is 2. The van der Waals surface area contributed by atoms with Crippen LogP contribution in [0.3, 0.4) is 0 Å². The molecule has 2 heterocycles. The van der Waals surface area contributed by atoms with Gasteiger partial charge in [0, 0.05) is 25.5 Å². The van der Waals surface area contributed by atoms with Crippen LogP contribution in [0.15, 0.2) is 48.7 Å². The lowest BCUT2D eigenvalue weighted by atomic mass is 10.2. The lowest BCUT2D eigenvalue weighted by molar-refractivity contribution is 0.238. The molecule has 6 heteroatoms. The van der Waals surface area contributed by atoms with E-state index in [4.69, 9.17) is 0 Å². The Bertz CT molecular complexity index is 750. The van der Waals surface area contributed by atoms with Crippen molar-refractivity contribution in [1.29, 1.82) is 0 Å². The third-order valence-corrected chi connectivity index (χ3v) is 5.92. The largest absolute Gasteiger partial charge is 0.353 e. The summed E-state index contributed by atoms with van der Waals surface area (Å²) >= 11 is 0. The Morgan fingerprint density at radius 2 is 1.79 bits per heavy atom. The van der Waals surface area contributed by atoms with Crippen LogP contribution in [0, 0.1) is 0 Å². The van der Waals surface area contributed by atoms with Crippen molar-refractivity contribution in [3.8, 4) is 0 Å². The van der Waals surface area contributed by atoms with Gasteiger partial charge in [0.1, 0.15) is 0 Å². The molecule has 1 saturated heterocycles. The molecule has 1 atom stereocenters. The first-order chi connectivity index (χ1) is 11.6. The van der Waals surface area contributed by atoms with Crippen molar-refractivity contribution in [1.82, 2.24) is 14.2 Å². The maximum atomic E-state index is 12.4. The van der Waals surface area contributed by atoms with Crippen molar-refractivity contribution in [3.05, 3.63) is 59.9 Å². The number of sulfonamides is 1. The highest BCUT2D eigenvalue weighted by Crippen LogP contribution is 2.25. The maximum absolute atomic E-state index is 12.4. The van der Waals surface area contributed by atoms with Gasteiger partial charge in [0.2, 0.25) is 10.0 Å². The highest BCUT2D eigenvalue weighted by atomic mass is 32.2. The molecule has 1 aliphatic heterocycles. The number of likely N-dealkylation sites (tertiary alicyclic amines) is 1. The zero-order valence-corrected chi connectivity index (χ0v) is 14.9. The molecule has 24 heavy (non-hydrogen) atoms. The monoisotopic (exact) mass is 347 g/mol. The summed E-state index contributed by atoms with van der Waals surface area (Å²) < 4.78 is 29.8. The molecular formula is C18H25N3O2S. The van der Waals surface area contributed by atoms with E-state index >= 15 is 0 Å². The van der Waals surface area contributed by atoms with E-state index in [9.17, 15) is 8.42 Å². The molecule has 0 unspecified atom stereocenters. The van der Waals surface area contributed by atoms with Gasteiger partial charge in [-0.05, 0) is 43.6 Å². The van der Waals surface area contributed by atoms with Gasteiger partial charge in [0.15, 0.2) is 0 Å². The topological polar surface area (TPSA) is 54.3 Å². The Kier molecular flexibility index (Phi) is 5.38. The maximum Gasteiger partial charge on any atom is 0.215 e. The van der Waals surface area contributed by atoms with Crippen LogP contribution in [0.5, 0.6) is 0 Å². The van der Waals surface area contributed by atoms with E-state index in [2.05, 4.69) is 20.3 Å². The molecule has 130 valence electrons. The summed E-state index contributed by atoms with van der Waals surface area (Å²) in [7, 11) is -1.34. The first kappa shape index (κ1) is 17.2. The molecule has 0 aliphatic carbocycles. The third kappa shape index (κ3) is 4.26. The van der Waals surface area contributed by atoms with Gasteiger partial charge in [-0.1, -0.05) is 30.3 Å². The minimum absolute atomic E-state index is 0.0215. The highest BCUT2D eigenvalue weighted by Gasteiger charge is 2.26. The summed E-state index contributed by atoms with van der Waals surface area (Å²) in [6.45, 7) is 2.46. The summed E-state index contributed by atoms with van der Waals surface area (Å²) in [5.74, 6) is 0.0215. The van der Waals surface area contributed by atoms with Gasteiger partial charge in [-0.3, -0.25) is 4.90 Å². The molecule has 1 aliphatic rings. The van der Waals surface area contributed by atoms with E-state index in [0.29, 0.717) is 6.54 Å². The number of aryl methyl sites for hydroxylation is 1. The Morgan fingerprint density at radius 1 is 1.08 bits per heavy atom. The van der Waals surface area contributed by atoms with Crippen LogP contribution in [-0.4, -0.2) is 37.5 Å². The fourth-order valence-corrected chi connectivity index (χ4v) is 4.49. The van der Waals surface area contributed by atoms with Gasteiger partial charge in [-0.25, -0.2) is 13.1 Å². The van der Waals surface area contributed by atoms with Crippen LogP contribution < -0.4 is 4.72 Å². The van der Waals surface area contributed by atoms with Gasteiger partial charge in [0.25, 0.3) is 0 Å². The first-order valence-corrected chi connectivity index (χ1v) is 10.1. The molecule has 0 saturated carbocycles. The number of hydrogen-bond acceptors (Lipinski definition) is 3. The van der Waals surface area contributed by atoms with Crippen LogP contribution in [0.4, 0.5) is 0 Å². The molecule has 1 N–H and O–H groups in total. The van der Waals surface area contributed by atoms with Gasteiger partial charge >= 0.3 is 0 Å². The lowest BCUT2D eigenvalue weighted by Gasteiger charge is -2.28. The second-order valence-corrected chi connectivity index (χ2v) is 8.20. The number of benzene rings is 1. The normalized spacial score (nSPS) is 17.2. The highest BCUT2D eigenvalue weighted by molar-refractivity contribution is 7.88. The summed E-state index contributed by atoms with van der Waals surface area (Å²) in [5, 5.41) is 0. The van der Waals surface area contributed by atoms with E-state index in [1.54, 1.807) is 0 Å². The molecule has 0 radical (unpaired) electrons. The second kappa shape index (κ2) is 7.51. The average Bonchev–Trinajstić information content (AvgIpc) is 3.21. The van der Waals surface area contributed by atoms with Crippen molar-refractivity contribution in [2.75, 3.05) is 19.6 Å². The molecule has 5 nitrogen and oxygen atoms in total. The molecule has 1 fully saturated rings. The zero-order valence-electron chi connectivity index (χ0n) is 14.1. The Hall–Kier alpha value is -1.63. The van der Waals surface area contributed by atoms with Crippen molar-refractivity contribution in [2.24, 2.45) is 7.05 Å². The van der Waals surface area contributed by atoms with Crippen molar-refractivity contribution < 1.29 is 8.42 Å². The van der Waals surface area contributed by atoms with Crippen LogP contribution in [0.1, 0.15) is 30.1 Å². The summed E-state index contributed by atoms with van der Waals surface area (Å²) in [5.41, 5.74) is 1.96. The Labute approximate surface area is 144 Å². The smallest absolute Gasteiger partial charge is 0.215 e. The molecule has 2 aromatic rings.